The number of rotatable bonds is 7. The highest BCUT2D eigenvalue weighted by atomic mass is 35.5. The van der Waals surface area contributed by atoms with Gasteiger partial charge in [0.25, 0.3) is 0 Å². The predicted molar refractivity (Wildman–Crippen MR) is 125 cm³/mol. The molecule has 0 spiro atoms. The lowest BCUT2D eigenvalue weighted by atomic mass is 10.0. The molecule has 4 rings (SSSR count). The fourth-order valence-electron chi connectivity index (χ4n) is 3.70. The molecule has 180 valence electrons. The van der Waals surface area contributed by atoms with Crippen molar-refractivity contribution < 1.29 is 28.2 Å². The molecule has 2 unspecified atom stereocenters. The zero-order valence-corrected chi connectivity index (χ0v) is 20.1. The van der Waals surface area contributed by atoms with Crippen molar-refractivity contribution in [1.82, 2.24) is 15.3 Å². The first kappa shape index (κ1) is 24.1. The van der Waals surface area contributed by atoms with Crippen LogP contribution < -0.4 is 20.1 Å². The molecule has 0 radical (unpaired) electrons. The van der Waals surface area contributed by atoms with Crippen LogP contribution in [0.25, 0.3) is 11.1 Å². The maximum absolute atomic E-state index is 13.2. The molecule has 10 nitrogen and oxygen atoms in total. The van der Waals surface area contributed by atoms with Gasteiger partial charge in [-0.05, 0) is 12.5 Å². The SMILES string of the molecule is COc1cc(OC)c(Cl)c(C(=O)c2cc3cnc(NC4COCCC4NC(C)=O)nc3o2)c1Cl. The normalized spacial score (nSPS) is 17.9. The first-order valence-corrected chi connectivity index (χ1v) is 11.1. The van der Waals surface area contributed by atoms with Crippen molar-refractivity contribution in [1.29, 1.82) is 0 Å². The van der Waals surface area contributed by atoms with Gasteiger partial charge in [0.15, 0.2) is 5.76 Å². The summed E-state index contributed by atoms with van der Waals surface area (Å²) in [6.45, 7) is 2.39. The number of nitrogens with zero attached hydrogens (tertiary/aromatic N) is 2. The standard InChI is InChI=1S/C22H22Cl2N4O6/c1-10(29)26-12-4-5-33-9-13(12)27-22-25-8-11-6-16(34-21(11)28-22)20(30)17-18(23)14(31-2)7-15(32-3)19(17)24/h6-8,12-13H,4-5,9H2,1-3H3,(H,26,29)(H,25,27,28). The lowest BCUT2D eigenvalue weighted by Crippen LogP contribution is -2.51. The minimum absolute atomic E-state index is 0.0117. The largest absolute Gasteiger partial charge is 0.495 e. The van der Waals surface area contributed by atoms with E-state index in [0.717, 1.165) is 0 Å². The highest BCUT2D eigenvalue weighted by Crippen LogP contribution is 2.41. The fraction of sp³-hybridized carbons (Fsp3) is 0.364. The maximum Gasteiger partial charge on any atom is 0.231 e. The van der Waals surface area contributed by atoms with Gasteiger partial charge >= 0.3 is 0 Å². The van der Waals surface area contributed by atoms with E-state index in [-0.39, 0.29) is 62.5 Å². The lowest BCUT2D eigenvalue weighted by molar-refractivity contribution is -0.120. The van der Waals surface area contributed by atoms with Crippen LogP contribution in [0.4, 0.5) is 5.95 Å². The van der Waals surface area contributed by atoms with Crippen LogP contribution >= 0.6 is 23.2 Å². The topological polar surface area (TPSA) is 125 Å². The van der Waals surface area contributed by atoms with Crippen molar-refractivity contribution in [3.63, 3.8) is 0 Å². The average molecular weight is 509 g/mol. The molecule has 0 aliphatic carbocycles. The van der Waals surface area contributed by atoms with Crippen molar-refractivity contribution >= 4 is 51.9 Å². The molecular formula is C22H22Cl2N4O6. The second-order valence-electron chi connectivity index (χ2n) is 7.60. The third-order valence-corrected chi connectivity index (χ3v) is 6.11. The fourth-order valence-corrected chi connectivity index (χ4v) is 4.37. The first-order chi connectivity index (χ1) is 16.3. The highest BCUT2D eigenvalue weighted by molar-refractivity contribution is 6.42. The molecule has 2 atom stereocenters. The van der Waals surface area contributed by atoms with E-state index in [2.05, 4.69) is 20.6 Å². The Balaban J connectivity index is 1.63. The number of aromatic nitrogens is 2. The number of furan rings is 1. The number of hydrogen-bond donors (Lipinski definition) is 2. The van der Waals surface area contributed by atoms with Gasteiger partial charge in [-0.2, -0.15) is 4.98 Å². The van der Waals surface area contributed by atoms with E-state index in [1.54, 1.807) is 0 Å². The number of benzene rings is 1. The molecule has 1 aliphatic heterocycles. The third kappa shape index (κ3) is 4.75. The smallest absolute Gasteiger partial charge is 0.231 e. The summed E-state index contributed by atoms with van der Waals surface area (Å²) in [6.07, 6.45) is 2.18. The summed E-state index contributed by atoms with van der Waals surface area (Å²) in [6, 6.07) is 2.64. The lowest BCUT2D eigenvalue weighted by Gasteiger charge is -2.32. The Bertz CT molecular complexity index is 1220. The number of nitrogens with one attached hydrogen (secondary N) is 2. The summed E-state index contributed by atoms with van der Waals surface area (Å²) < 4.78 is 21.7. The van der Waals surface area contributed by atoms with Gasteiger partial charge in [-0.25, -0.2) is 4.98 Å². The number of ether oxygens (including phenoxy) is 3. The first-order valence-electron chi connectivity index (χ1n) is 10.3. The van der Waals surface area contributed by atoms with Gasteiger partial charge in [-0.15, -0.1) is 0 Å². The Kier molecular flexibility index (Phi) is 7.11. The number of amides is 1. The van der Waals surface area contributed by atoms with E-state index in [1.165, 1.54) is 39.5 Å². The summed E-state index contributed by atoms with van der Waals surface area (Å²) in [5.74, 6) is 0.0134. The van der Waals surface area contributed by atoms with Crippen LogP contribution in [0.2, 0.25) is 10.0 Å². The summed E-state index contributed by atoms with van der Waals surface area (Å²) >= 11 is 12.7. The number of fused-ring (bicyclic) bond motifs is 1. The van der Waals surface area contributed by atoms with Gasteiger partial charge in [0.05, 0.1) is 53.9 Å². The Morgan fingerprint density at radius 1 is 1.12 bits per heavy atom. The van der Waals surface area contributed by atoms with Crippen LogP contribution in [-0.2, 0) is 9.53 Å². The van der Waals surface area contributed by atoms with Crippen molar-refractivity contribution in [2.24, 2.45) is 0 Å². The Morgan fingerprint density at radius 2 is 1.82 bits per heavy atom. The summed E-state index contributed by atoms with van der Waals surface area (Å²) in [4.78, 5) is 33.4. The van der Waals surface area contributed by atoms with Crippen LogP contribution in [-0.4, -0.2) is 61.2 Å². The summed E-state index contributed by atoms with van der Waals surface area (Å²) in [5, 5.41) is 6.65. The quantitative estimate of drug-likeness (QED) is 0.461. The van der Waals surface area contributed by atoms with Crippen molar-refractivity contribution in [3.8, 4) is 11.5 Å². The molecule has 1 saturated heterocycles. The molecule has 3 aromatic rings. The van der Waals surface area contributed by atoms with E-state index in [4.69, 9.17) is 41.8 Å². The van der Waals surface area contributed by atoms with E-state index < -0.39 is 5.78 Å². The van der Waals surface area contributed by atoms with Crippen molar-refractivity contribution in [3.05, 3.63) is 39.7 Å². The third-order valence-electron chi connectivity index (χ3n) is 5.36. The average Bonchev–Trinajstić information content (AvgIpc) is 3.24. The molecular weight excluding hydrogens is 487 g/mol. The highest BCUT2D eigenvalue weighted by Gasteiger charge is 2.28. The van der Waals surface area contributed by atoms with Crippen LogP contribution in [0.15, 0.2) is 22.7 Å². The minimum Gasteiger partial charge on any atom is -0.495 e. The van der Waals surface area contributed by atoms with Crippen LogP contribution in [0, 0.1) is 0 Å². The van der Waals surface area contributed by atoms with E-state index in [1.807, 2.05) is 0 Å². The van der Waals surface area contributed by atoms with Gasteiger partial charge in [-0.1, -0.05) is 23.2 Å². The number of halogens is 2. The van der Waals surface area contributed by atoms with Gasteiger partial charge in [0.2, 0.25) is 23.4 Å². The molecule has 1 aromatic carbocycles. The molecule has 12 heteroatoms. The second kappa shape index (κ2) is 10.0. The maximum atomic E-state index is 13.2. The van der Waals surface area contributed by atoms with Gasteiger partial charge in [0, 0.05) is 25.8 Å². The number of anilines is 1. The molecule has 34 heavy (non-hydrogen) atoms. The molecule has 1 amide bonds. The Morgan fingerprint density at radius 3 is 2.47 bits per heavy atom. The van der Waals surface area contributed by atoms with Gasteiger partial charge < -0.3 is 29.3 Å². The van der Waals surface area contributed by atoms with Crippen molar-refractivity contribution in [2.75, 3.05) is 32.8 Å². The van der Waals surface area contributed by atoms with Gasteiger partial charge in [-0.3, -0.25) is 9.59 Å². The molecule has 1 fully saturated rings. The molecule has 2 N–H and O–H groups in total. The molecule has 0 bridgehead atoms. The van der Waals surface area contributed by atoms with E-state index in [9.17, 15) is 9.59 Å². The molecule has 3 heterocycles. The van der Waals surface area contributed by atoms with Crippen LogP contribution in [0.3, 0.4) is 0 Å². The van der Waals surface area contributed by atoms with E-state index in [0.29, 0.717) is 25.0 Å². The number of methoxy groups -OCH3 is 2. The molecule has 1 aliphatic rings. The minimum atomic E-state index is -0.564. The summed E-state index contributed by atoms with van der Waals surface area (Å²) in [5.41, 5.74) is 0.179. The summed E-state index contributed by atoms with van der Waals surface area (Å²) in [7, 11) is 2.84. The van der Waals surface area contributed by atoms with Crippen LogP contribution in [0.5, 0.6) is 11.5 Å². The number of carbonyl (C=O) groups is 2. The number of hydrogen-bond acceptors (Lipinski definition) is 9. The predicted octanol–water partition coefficient (Wildman–Crippen LogP) is 3.48. The Hall–Kier alpha value is -3.08. The molecule has 0 saturated carbocycles. The van der Waals surface area contributed by atoms with E-state index >= 15 is 0 Å². The second-order valence-corrected chi connectivity index (χ2v) is 8.36. The van der Waals surface area contributed by atoms with Gasteiger partial charge in [0.1, 0.15) is 11.5 Å². The number of carbonyl (C=O) groups excluding carboxylic acids is 2. The van der Waals surface area contributed by atoms with Crippen LogP contribution in [0.1, 0.15) is 29.5 Å². The molecule has 2 aromatic heterocycles. The number of ketones is 1. The van der Waals surface area contributed by atoms with Crippen molar-refractivity contribution in [2.45, 2.75) is 25.4 Å². The zero-order chi connectivity index (χ0) is 24.4. The Labute approximate surface area is 204 Å². The zero-order valence-electron chi connectivity index (χ0n) is 18.6. The monoisotopic (exact) mass is 508 g/mol.